The number of fused-ring (bicyclic) bond motifs is 1. The molecule has 4 rings (SSSR count). The van der Waals surface area contributed by atoms with E-state index in [9.17, 15) is 23.1 Å². The first kappa shape index (κ1) is 33.6. The van der Waals surface area contributed by atoms with Gasteiger partial charge in [0.05, 0.1) is 24.2 Å². The molecule has 0 aromatic heterocycles. The van der Waals surface area contributed by atoms with Crippen LogP contribution in [0.3, 0.4) is 0 Å². The molecule has 0 spiro atoms. The molecule has 0 aliphatic carbocycles. The zero-order valence-electron chi connectivity index (χ0n) is 25.1. The Kier molecular flexibility index (Phi) is 10.9. The van der Waals surface area contributed by atoms with Crippen LogP contribution in [0, 0.1) is 0 Å². The Bertz CT molecular complexity index is 1590. The molecule has 0 unspecified atom stereocenters. The maximum Gasteiger partial charge on any atom is 0.249 e. The normalized spacial score (nSPS) is 16.3. The number of anilines is 1. The van der Waals surface area contributed by atoms with Crippen molar-refractivity contribution in [2.75, 3.05) is 24.3 Å². The van der Waals surface area contributed by atoms with E-state index in [1.807, 2.05) is 44.4 Å². The van der Waals surface area contributed by atoms with Gasteiger partial charge in [0.1, 0.15) is 6.04 Å². The summed E-state index contributed by atoms with van der Waals surface area (Å²) in [6.07, 6.45) is 2.17. The number of rotatable bonds is 12. The number of hydrogen-bond donors (Lipinski definition) is 5. The molecule has 44 heavy (non-hydrogen) atoms. The molecule has 0 saturated carbocycles. The molecule has 0 bridgehead atoms. The first-order chi connectivity index (χ1) is 20.8. The van der Waals surface area contributed by atoms with Gasteiger partial charge in [-0.3, -0.25) is 9.59 Å². The largest absolute Gasteiger partial charge is 0.394 e. The number of thioether (sulfide) groups is 1. The molecule has 2 amide bonds. The summed E-state index contributed by atoms with van der Waals surface area (Å²) in [5, 5.41) is 30.2. The molecule has 10 nitrogen and oxygen atoms in total. The summed E-state index contributed by atoms with van der Waals surface area (Å²) in [5.41, 5.74) is 3.13. The van der Waals surface area contributed by atoms with E-state index in [1.165, 1.54) is 6.07 Å². The van der Waals surface area contributed by atoms with Crippen molar-refractivity contribution in [2.45, 2.75) is 67.1 Å². The molecule has 1 aliphatic heterocycles. The highest BCUT2D eigenvalue weighted by molar-refractivity contribution is 7.98. The topological polar surface area (TPSA) is 162 Å². The van der Waals surface area contributed by atoms with Crippen molar-refractivity contribution in [3.63, 3.8) is 0 Å². The minimum absolute atomic E-state index is 0.0375. The predicted molar refractivity (Wildman–Crippen MR) is 173 cm³/mol. The molecular formula is C32H40N4O6S2. The third-order valence-corrected chi connectivity index (χ3v) is 9.30. The molecule has 6 N–H and O–H groups in total. The lowest BCUT2D eigenvalue weighted by Gasteiger charge is -2.29. The van der Waals surface area contributed by atoms with Gasteiger partial charge in [-0.1, -0.05) is 42.5 Å². The summed E-state index contributed by atoms with van der Waals surface area (Å²) in [5.74, 6) is -0.521. The quantitative estimate of drug-likeness (QED) is 0.189. The minimum atomic E-state index is -3.92. The number of amides is 2. The number of sulfonamides is 1. The highest BCUT2D eigenvalue weighted by atomic mass is 32.2. The molecular weight excluding hydrogens is 601 g/mol. The minimum Gasteiger partial charge on any atom is -0.394 e. The fraction of sp³-hybridized carbons (Fsp3) is 0.375. The lowest BCUT2D eigenvalue weighted by Crippen LogP contribution is -2.51. The van der Waals surface area contributed by atoms with Crippen molar-refractivity contribution < 1.29 is 28.2 Å². The number of aryl methyl sites for hydroxylation is 1. The summed E-state index contributed by atoms with van der Waals surface area (Å²) in [6, 6.07) is 19.1. The second-order valence-corrected chi connectivity index (χ2v) is 14.0. The smallest absolute Gasteiger partial charge is 0.249 e. The van der Waals surface area contributed by atoms with E-state index in [0.717, 1.165) is 21.7 Å². The highest BCUT2D eigenvalue weighted by Gasteiger charge is 2.33. The van der Waals surface area contributed by atoms with Crippen LogP contribution in [-0.4, -0.2) is 67.5 Å². The van der Waals surface area contributed by atoms with Gasteiger partial charge in [-0.2, -0.15) is 0 Å². The number of carbonyl (C=O) groups is 2. The Labute approximate surface area is 263 Å². The number of nitrogens with two attached hydrogens (primary N) is 1. The fourth-order valence-corrected chi connectivity index (χ4v) is 6.50. The standard InChI is InChI=1S/C32H40N4O6S2/c1-32(2,34-18-24(38)20-37)17-30(39)35-27-14-12-23-16-25(43-3)13-15-28(23)36(31(27)40)19-21-8-10-22(11-9-21)26-6-4-5-7-29(26)44(33,41)42/h4-11,13,15-16,24,27,34,37-38H,12,14,17-20H2,1-3H3,(H,35,39)(H2,33,41,42)/t24-,27+/m0/s1. The molecule has 2 atom stereocenters. The second kappa shape index (κ2) is 14.2. The van der Waals surface area contributed by atoms with Gasteiger partial charge in [0.2, 0.25) is 21.8 Å². The number of nitrogens with zero attached hydrogens (tertiary/aromatic N) is 1. The molecule has 3 aromatic carbocycles. The number of aliphatic hydroxyl groups excluding tert-OH is 2. The van der Waals surface area contributed by atoms with Crippen LogP contribution in [0.1, 0.15) is 37.8 Å². The van der Waals surface area contributed by atoms with Gasteiger partial charge in [0.15, 0.2) is 0 Å². The Hall–Kier alpha value is -3.26. The summed E-state index contributed by atoms with van der Waals surface area (Å²) >= 11 is 1.62. The van der Waals surface area contributed by atoms with Crippen LogP contribution >= 0.6 is 11.8 Å². The highest BCUT2D eigenvalue weighted by Crippen LogP contribution is 2.33. The third-order valence-electron chi connectivity index (χ3n) is 7.61. The Morgan fingerprint density at radius 2 is 1.84 bits per heavy atom. The second-order valence-electron chi connectivity index (χ2n) is 11.6. The average molecular weight is 641 g/mol. The number of nitrogens with one attached hydrogen (secondary N) is 2. The van der Waals surface area contributed by atoms with E-state index >= 15 is 0 Å². The number of benzene rings is 3. The van der Waals surface area contributed by atoms with Crippen molar-refractivity contribution in [1.29, 1.82) is 0 Å². The van der Waals surface area contributed by atoms with Crippen LogP contribution in [0.4, 0.5) is 5.69 Å². The lowest BCUT2D eigenvalue weighted by molar-refractivity contribution is -0.128. The van der Waals surface area contributed by atoms with Gasteiger partial charge in [-0.15, -0.1) is 11.8 Å². The van der Waals surface area contributed by atoms with Crippen LogP contribution in [0.5, 0.6) is 0 Å². The zero-order chi connectivity index (χ0) is 32.1. The third kappa shape index (κ3) is 8.46. The molecule has 236 valence electrons. The van der Waals surface area contributed by atoms with E-state index in [4.69, 9.17) is 10.2 Å². The van der Waals surface area contributed by atoms with Crippen LogP contribution in [0.2, 0.25) is 0 Å². The van der Waals surface area contributed by atoms with E-state index in [1.54, 1.807) is 47.0 Å². The van der Waals surface area contributed by atoms with Crippen molar-refractivity contribution >= 4 is 39.3 Å². The first-order valence-electron chi connectivity index (χ1n) is 14.3. The Morgan fingerprint density at radius 3 is 2.50 bits per heavy atom. The van der Waals surface area contributed by atoms with Gasteiger partial charge in [-0.05, 0) is 73.9 Å². The van der Waals surface area contributed by atoms with Gasteiger partial charge in [0.25, 0.3) is 0 Å². The lowest BCUT2D eigenvalue weighted by atomic mass is 9.99. The Balaban J connectivity index is 1.57. The van der Waals surface area contributed by atoms with Crippen LogP contribution < -0.4 is 20.7 Å². The molecule has 1 aliphatic rings. The number of primary sulfonamides is 1. The van der Waals surface area contributed by atoms with Gasteiger partial charge >= 0.3 is 0 Å². The summed E-state index contributed by atoms with van der Waals surface area (Å²) in [7, 11) is -3.92. The van der Waals surface area contributed by atoms with E-state index in [2.05, 4.69) is 16.7 Å². The number of hydrogen-bond acceptors (Lipinski definition) is 8. The molecule has 3 aromatic rings. The SMILES string of the molecule is CSc1ccc2c(c1)CC[C@@H](NC(=O)CC(C)(C)NC[C@H](O)CO)C(=O)N2Cc1ccc(-c2ccccc2S(N)(=O)=O)cc1. The van der Waals surface area contributed by atoms with Gasteiger partial charge in [0, 0.05) is 34.7 Å². The van der Waals surface area contributed by atoms with E-state index in [-0.39, 0.29) is 42.8 Å². The van der Waals surface area contributed by atoms with E-state index in [0.29, 0.717) is 24.0 Å². The van der Waals surface area contributed by atoms with Crippen LogP contribution in [0.15, 0.2) is 76.5 Å². The molecule has 1 heterocycles. The van der Waals surface area contributed by atoms with Crippen molar-refractivity contribution in [1.82, 2.24) is 10.6 Å². The maximum atomic E-state index is 14.0. The van der Waals surface area contributed by atoms with Crippen molar-refractivity contribution in [2.24, 2.45) is 5.14 Å². The number of aliphatic hydroxyl groups is 2. The summed E-state index contributed by atoms with van der Waals surface area (Å²) < 4.78 is 24.2. The molecule has 12 heteroatoms. The van der Waals surface area contributed by atoms with E-state index < -0.39 is 27.7 Å². The average Bonchev–Trinajstić information content (AvgIpc) is 3.11. The monoisotopic (exact) mass is 640 g/mol. The van der Waals surface area contributed by atoms with Crippen LogP contribution in [-0.2, 0) is 32.6 Å². The number of carbonyl (C=O) groups excluding carboxylic acids is 2. The fourth-order valence-electron chi connectivity index (χ4n) is 5.27. The van der Waals surface area contributed by atoms with Crippen LogP contribution in [0.25, 0.3) is 11.1 Å². The summed E-state index contributed by atoms with van der Waals surface area (Å²) in [4.78, 5) is 29.9. The van der Waals surface area contributed by atoms with Gasteiger partial charge in [-0.25, -0.2) is 13.6 Å². The zero-order valence-corrected chi connectivity index (χ0v) is 26.7. The molecule has 0 fully saturated rings. The predicted octanol–water partition coefficient (Wildman–Crippen LogP) is 2.80. The number of β-amino-alcohol motifs (C(OH)–C–C–N with tert-alkyl or cyclic N) is 1. The first-order valence-corrected chi connectivity index (χ1v) is 17.1. The van der Waals surface area contributed by atoms with Gasteiger partial charge < -0.3 is 25.7 Å². The maximum absolute atomic E-state index is 14.0. The van der Waals surface area contributed by atoms with Crippen molar-refractivity contribution in [3.8, 4) is 11.1 Å². The molecule has 0 radical (unpaired) electrons. The summed E-state index contributed by atoms with van der Waals surface area (Å²) in [6.45, 7) is 3.64. The van der Waals surface area contributed by atoms with Crippen molar-refractivity contribution in [3.05, 3.63) is 77.9 Å². The Morgan fingerprint density at radius 1 is 1.14 bits per heavy atom. The molecule has 0 saturated heterocycles.